The van der Waals surface area contributed by atoms with Crippen LogP contribution in [0.3, 0.4) is 0 Å². The molecular formula is C97H144Ge5N5+5. The van der Waals surface area contributed by atoms with E-state index in [2.05, 4.69) is 431 Å². The fourth-order valence-corrected chi connectivity index (χ4v) is 25.8. The fraction of sp³-hybridized carbons (Fsp3) is 0.433. The molecule has 0 amide bonds. The van der Waals surface area contributed by atoms with E-state index in [0.717, 1.165) is 6.42 Å². The quantitative estimate of drug-likeness (QED) is 0.0679. The molecule has 0 aliphatic rings. The summed E-state index contributed by atoms with van der Waals surface area (Å²) < 4.78 is 19.1. The van der Waals surface area contributed by atoms with Crippen molar-refractivity contribution >= 4 is 88.3 Å². The van der Waals surface area contributed by atoms with Crippen LogP contribution in [0, 0.1) is 47.5 Å². The van der Waals surface area contributed by atoms with Gasteiger partial charge in [0.25, 0.3) is 0 Å². The molecule has 0 aliphatic carbocycles. The molecule has 572 valence electrons. The Labute approximate surface area is 667 Å². The molecule has 10 heteroatoms. The fourth-order valence-electron chi connectivity index (χ4n) is 13.8. The van der Waals surface area contributed by atoms with Gasteiger partial charge in [0.2, 0.25) is 0 Å². The summed E-state index contributed by atoms with van der Waals surface area (Å²) in [5.41, 5.74) is 27.6. The van der Waals surface area contributed by atoms with E-state index in [1.54, 1.807) is 22.0 Å². The van der Waals surface area contributed by atoms with Crippen molar-refractivity contribution in [2.24, 2.45) is 41.2 Å². The molecule has 0 N–H and O–H groups in total. The third-order valence-electron chi connectivity index (χ3n) is 21.5. The molecule has 0 bridgehead atoms. The van der Waals surface area contributed by atoms with E-state index >= 15 is 0 Å². The van der Waals surface area contributed by atoms with E-state index in [-0.39, 0.29) is 5.41 Å². The van der Waals surface area contributed by atoms with E-state index in [9.17, 15) is 0 Å². The number of aromatic nitrogens is 5. The Kier molecular flexibility index (Phi) is 31.9. The summed E-state index contributed by atoms with van der Waals surface area (Å²) in [6.45, 7) is 33.8. The van der Waals surface area contributed by atoms with E-state index in [1.165, 1.54) is 125 Å². The van der Waals surface area contributed by atoms with Crippen molar-refractivity contribution in [1.29, 1.82) is 0 Å². The molecule has 10 aromatic rings. The Bertz CT molecular complexity index is 4600. The molecule has 5 nitrogen and oxygen atoms in total. The van der Waals surface area contributed by atoms with Crippen LogP contribution >= 0.6 is 0 Å². The normalized spacial score (nSPS) is 12.1. The Balaban J connectivity index is 0.000000210. The zero-order valence-electron chi connectivity index (χ0n) is 73.9. The van der Waals surface area contributed by atoms with Crippen LogP contribution in [0.25, 0.3) is 56.3 Å². The van der Waals surface area contributed by atoms with Gasteiger partial charge in [0, 0.05) is 0 Å². The molecule has 0 aliphatic heterocycles. The molecule has 10 rings (SSSR count). The summed E-state index contributed by atoms with van der Waals surface area (Å²) >= 11 is -8.99. The molecular weight excluding hydrogens is 1600 g/mol. The van der Waals surface area contributed by atoms with Gasteiger partial charge in [0.1, 0.15) is 0 Å². The predicted octanol–water partition coefficient (Wildman–Crippen LogP) is 21.0. The standard InChI is InChI=1S/C21H32GeN.2C20H30GeN.C19H28GeN.C17H24GeN/c1-8-17(9-2)18-11-10-16(3)20(14-18)21-15-19(22(4,5)6)12-13-23(21)7;1-15-9-10-16(20(2,3)4)13-18(15)19-14-17(21(5,6)7)11-12-22(19)8;1-15(2)12-17-9-8-16(3)19(13-17)20-14-18(21(4,5)6)10-11-22(20)7;1-14(2)16-8-9-18(15(3)12-16)19-13-17(20(4,5)6)10-11-21(19)7;1-13-7-8-16(14(2)11-13)17-12-15(18(3,4)5)9-10-19(17)6/h10-15,17H,8-9H2,1-7H3;9-14H,1-8H3;8-11,13-15H,12H2,1-7H3;8-14H,1-7H3;7-12H,1-6H3/q5*+1. The van der Waals surface area contributed by atoms with E-state index in [4.69, 9.17) is 0 Å². The first-order valence-electron chi connectivity index (χ1n) is 40.0. The molecule has 5 heterocycles. The van der Waals surface area contributed by atoms with Crippen molar-refractivity contribution in [3.05, 3.63) is 238 Å². The summed E-state index contributed by atoms with van der Waals surface area (Å²) in [6.07, 6.45) is 14.7. The number of nitrogens with zero attached hydrogens (tertiary/aromatic N) is 5. The average Bonchev–Trinajstić information content (AvgIpc) is 0.815. The number of hydrogen-bond donors (Lipinski definition) is 0. The third-order valence-corrected chi connectivity index (χ3v) is 43.0. The minimum atomic E-state index is -1.82. The van der Waals surface area contributed by atoms with Crippen LogP contribution < -0.4 is 44.8 Å². The SMILES string of the molecule is CCC(CC)c1ccc(C)c(-c2c[c]([Ge]([CH3])([CH3])[CH3])cc[n+]2C)c1.Cc1cc(C(C)C)ccc1-c1c[c]([Ge]([CH3])([CH3])[CH3])cc[n+]1C.Cc1ccc(-c2c[c]([Ge]([CH3])([CH3])[CH3])cc[n+]2C)c(C)c1.Cc1ccc(C(C)(C)C)cc1-c1c[c]([Ge]([CH3])([CH3])[CH3])cc[n+]1C.Cc1ccc(CC(C)C)cc1-c1c[c]([Ge]([CH3])([CH3])[CH3])cc[n+]1C. The maximum atomic E-state index is 2.46. The zero-order chi connectivity index (χ0) is 80.4. The Morgan fingerprint density at radius 1 is 0.308 bits per heavy atom. The van der Waals surface area contributed by atoms with Crippen LogP contribution in [0.5, 0.6) is 0 Å². The molecule has 5 aromatic heterocycles. The van der Waals surface area contributed by atoms with E-state index < -0.39 is 66.3 Å². The first kappa shape index (κ1) is 90.4. The van der Waals surface area contributed by atoms with Gasteiger partial charge in [0.15, 0.2) is 0 Å². The van der Waals surface area contributed by atoms with Gasteiger partial charge >= 0.3 is 674 Å². The summed E-state index contributed by atoms with van der Waals surface area (Å²) in [4.78, 5) is 0. The second-order valence-electron chi connectivity index (χ2n) is 38.0. The van der Waals surface area contributed by atoms with Gasteiger partial charge in [-0.1, -0.05) is 0 Å². The monoisotopic (exact) mass is 1750 g/mol. The Morgan fingerprint density at radius 3 is 0.935 bits per heavy atom. The van der Waals surface area contributed by atoms with Crippen LogP contribution in [0.1, 0.15) is 143 Å². The minimum absolute atomic E-state index is 0.181. The molecule has 0 atom stereocenters. The van der Waals surface area contributed by atoms with Gasteiger partial charge < -0.3 is 0 Å². The van der Waals surface area contributed by atoms with Gasteiger partial charge in [-0.25, -0.2) is 0 Å². The maximum absolute atomic E-state index is 2.46. The first-order valence-corrected chi connectivity index (χ1v) is 76.7. The van der Waals surface area contributed by atoms with Crippen LogP contribution in [0.4, 0.5) is 0 Å². The topological polar surface area (TPSA) is 19.4 Å². The van der Waals surface area contributed by atoms with Crippen LogP contribution in [-0.4, -0.2) is 66.3 Å². The second kappa shape index (κ2) is 37.7. The number of pyridine rings is 5. The molecule has 0 fully saturated rings. The summed E-state index contributed by atoms with van der Waals surface area (Å²) in [6, 6.07) is 58.2. The molecule has 0 radical (unpaired) electrons. The van der Waals surface area contributed by atoms with E-state index in [1.807, 2.05) is 0 Å². The predicted molar refractivity (Wildman–Crippen MR) is 483 cm³/mol. The number of aryl methyl sites for hydroxylation is 11. The number of rotatable bonds is 16. The van der Waals surface area contributed by atoms with Gasteiger partial charge in [-0.15, -0.1) is 0 Å². The number of benzene rings is 5. The van der Waals surface area contributed by atoms with Crippen LogP contribution in [-0.2, 0) is 47.1 Å². The van der Waals surface area contributed by atoms with Gasteiger partial charge in [0.05, 0.1) is 0 Å². The van der Waals surface area contributed by atoms with Gasteiger partial charge in [-0.2, -0.15) is 0 Å². The number of hydrogen-bond acceptors (Lipinski definition) is 0. The molecule has 0 saturated carbocycles. The van der Waals surface area contributed by atoms with Crippen LogP contribution in [0.15, 0.2) is 183 Å². The molecule has 0 saturated heterocycles. The second-order valence-corrected chi connectivity index (χ2v) is 91.2. The Morgan fingerprint density at radius 2 is 0.617 bits per heavy atom. The van der Waals surface area contributed by atoms with Crippen molar-refractivity contribution in [3.8, 4) is 56.3 Å². The van der Waals surface area contributed by atoms with Crippen molar-refractivity contribution < 1.29 is 22.8 Å². The summed E-state index contributed by atoms with van der Waals surface area (Å²) in [5, 5.41) is 0. The zero-order valence-corrected chi connectivity index (χ0v) is 84.4. The third kappa shape index (κ3) is 25.3. The van der Waals surface area contributed by atoms with Crippen molar-refractivity contribution in [1.82, 2.24) is 0 Å². The summed E-state index contributed by atoms with van der Waals surface area (Å²) in [5.74, 6) is 38.8. The molecule has 0 unspecified atom stereocenters. The van der Waals surface area contributed by atoms with Crippen molar-refractivity contribution in [2.75, 3.05) is 0 Å². The van der Waals surface area contributed by atoms with Gasteiger partial charge in [-0.05, 0) is 0 Å². The van der Waals surface area contributed by atoms with E-state index in [0.29, 0.717) is 17.8 Å². The molecule has 5 aromatic carbocycles. The van der Waals surface area contributed by atoms with Crippen molar-refractivity contribution in [3.63, 3.8) is 0 Å². The molecule has 0 spiro atoms. The average molecular weight is 1740 g/mol. The van der Waals surface area contributed by atoms with Crippen LogP contribution in [0.2, 0.25) is 86.3 Å². The molecule has 107 heavy (non-hydrogen) atoms. The van der Waals surface area contributed by atoms with Crippen molar-refractivity contribution in [2.45, 2.75) is 227 Å². The van der Waals surface area contributed by atoms with Gasteiger partial charge in [-0.3, -0.25) is 0 Å². The summed E-state index contributed by atoms with van der Waals surface area (Å²) in [7, 11) is 10.7. The first-order chi connectivity index (χ1) is 49.4. The Hall–Kier alpha value is -5.44.